The minimum Gasteiger partial charge on any atom is -0.396 e. The van der Waals surface area contributed by atoms with Crippen LogP contribution in [0.3, 0.4) is 0 Å². The van der Waals surface area contributed by atoms with E-state index in [1.54, 1.807) is 6.08 Å². The third kappa shape index (κ3) is 15.5. The van der Waals surface area contributed by atoms with E-state index in [4.69, 9.17) is 5.11 Å². The van der Waals surface area contributed by atoms with Crippen molar-refractivity contribution in [3.63, 3.8) is 0 Å². The molecule has 0 aromatic carbocycles. The minimum atomic E-state index is 0.00681. The number of carbonyl (C=O) groups is 1. The fourth-order valence-corrected chi connectivity index (χ4v) is 2.25. The highest BCUT2D eigenvalue weighted by Gasteiger charge is 2.00. The number of rotatable bonds is 15. The van der Waals surface area contributed by atoms with E-state index in [9.17, 15) is 4.79 Å². The van der Waals surface area contributed by atoms with Crippen LogP contribution < -0.4 is 5.32 Å². The number of aliphatic hydroxyl groups is 1. The highest BCUT2D eigenvalue weighted by atomic mass is 16.2. The molecule has 0 aromatic rings. The lowest BCUT2D eigenvalue weighted by Gasteiger charge is -2.16. The maximum absolute atomic E-state index is 11.6. The summed E-state index contributed by atoms with van der Waals surface area (Å²) in [5, 5.41) is 11.6. The van der Waals surface area contributed by atoms with E-state index in [0.717, 1.165) is 25.8 Å². The van der Waals surface area contributed by atoms with Gasteiger partial charge in [-0.15, -0.1) is 0 Å². The van der Waals surface area contributed by atoms with Gasteiger partial charge in [-0.2, -0.15) is 0 Å². The normalized spacial score (nSPS) is 11.5. The SMILES string of the molecule is CCCCC/C=C/C(=O)NCN(C)CCCCCCCCO. The van der Waals surface area contributed by atoms with Crippen molar-refractivity contribution >= 4 is 5.91 Å². The first kappa shape index (κ1) is 21.1. The maximum Gasteiger partial charge on any atom is 0.244 e. The number of hydrogen-bond donors (Lipinski definition) is 2. The number of nitrogens with zero attached hydrogens (tertiary/aromatic N) is 1. The lowest BCUT2D eigenvalue weighted by Crippen LogP contribution is -2.34. The van der Waals surface area contributed by atoms with Crippen molar-refractivity contribution in [2.75, 3.05) is 26.9 Å². The van der Waals surface area contributed by atoms with Crippen molar-refractivity contribution in [1.29, 1.82) is 0 Å². The quantitative estimate of drug-likeness (QED) is 0.277. The molecule has 4 heteroatoms. The molecule has 0 aromatic heterocycles. The number of carbonyl (C=O) groups excluding carboxylic acids is 1. The Morgan fingerprint density at radius 2 is 1.73 bits per heavy atom. The summed E-state index contributed by atoms with van der Waals surface area (Å²) in [4.78, 5) is 13.8. The Morgan fingerprint density at radius 3 is 2.41 bits per heavy atom. The van der Waals surface area contributed by atoms with Crippen molar-refractivity contribution in [1.82, 2.24) is 10.2 Å². The van der Waals surface area contributed by atoms with Crippen LogP contribution in [0, 0.1) is 0 Å². The van der Waals surface area contributed by atoms with E-state index in [1.165, 1.54) is 44.9 Å². The van der Waals surface area contributed by atoms with Crippen LogP contribution in [0.4, 0.5) is 0 Å². The van der Waals surface area contributed by atoms with Crippen molar-refractivity contribution < 1.29 is 9.90 Å². The summed E-state index contributed by atoms with van der Waals surface area (Å²) >= 11 is 0. The van der Waals surface area contributed by atoms with Gasteiger partial charge in [0.15, 0.2) is 0 Å². The van der Waals surface area contributed by atoms with Crippen LogP contribution in [0.15, 0.2) is 12.2 Å². The Bertz CT molecular complexity index is 280. The average Bonchev–Trinajstić information content (AvgIpc) is 2.52. The van der Waals surface area contributed by atoms with Crippen LogP contribution in [-0.2, 0) is 4.79 Å². The number of allylic oxidation sites excluding steroid dienone is 1. The highest BCUT2D eigenvalue weighted by molar-refractivity contribution is 5.87. The van der Waals surface area contributed by atoms with E-state index < -0.39 is 0 Å². The van der Waals surface area contributed by atoms with Crippen LogP contribution in [-0.4, -0.2) is 42.8 Å². The van der Waals surface area contributed by atoms with E-state index in [2.05, 4.69) is 17.1 Å². The van der Waals surface area contributed by atoms with Gasteiger partial charge in [0.05, 0.1) is 6.67 Å². The van der Waals surface area contributed by atoms with Gasteiger partial charge in [0.1, 0.15) is 0 Å². The van der Waals surface area contributed by atoms with Gasteiger partial charge in [0.25, 0.3) is 0 Å². The second-order valence-electron chi connectivity index (χ2n) is 6.02. The molecule has 0 saturated heterocycles. The third-order valence-electron chi connectivity index (χ3n) is 3.71. The van der Waals surface area contributed by atoms with Gasteiger partial charge in [-0.3, -0.25) is 9.69 Å². The molecule has 0 aliphatic carbocycles. The van der Waals surface area contributed by atoms with E-state index in [1.807, 2.05) is 13.1 Å². The maximum atomic E-state index is 11.6. The molecule has 1 amide bonds. The van der Waals surface area contributed by atoms with Crippen LogP contribution >= 0.6 is 0 Å². The van der Waals surface area contributed by atoms with Crippen molar-refractivity contribution in [2.24, 2.45) is 0 Å². The predicted molar refractivity (Wildman–Crippen MR) is 93.7 cm³/mol. The standard InChI is InChI=1S/C18H36N2O2/c1-3-4-5-8-11-14-18(22)19-17-20(2)15-12-9-6-7-10-13-16-21/h11,14,21H,3-10,12-13,15-17H2,1-2H3,(H,19,22)/b14-11+. The summed E-state index contributed by atoms with van der Waals surface area (Å²) in [6.45, 7) is 4.13. The monoisotopic (exact) mass is 312 g/mol. The molecular formula is C18H36N2O2. The molecule has 0 radical (unpaired) electrons. The van der Waals surface area contributed by atoms with Crippen LogP contribution in [0.1, 0.15) is 71.1 Å². The first-order valence-corrected chi connectivity index (χ1v) is 8.94. The van der Waals surface area contributed by atoms with Gasteiger partial charge in [0.2, 0.25) is 5.91 Å². The lowest BCUT2D eigenvalue weighted by molar-refractivity contribution is -0.117. The molecule has 0 fully saturated rings. The fourth-order valence-electron chi connectivity index (χ4n) is 2.25. The molecule has 0 heterocycles. The topological polar surface area (TPSA) is 52.6 Å². The molecule has 0 saturated carbocycles. The molecule has 0 unspecified atom stereocenters. The Morgan fingerprint density at radius 1 is 1.05 bits per heavy atom. The first-order valence-electron chi connectivity index (χ1n) is 8.94. The lowest BCUT2D eigenvalue weighted by atomic mass is 10.1. The average molecular weight is 312 g/mol. The van der Waals surface area contributed by atoms with Gasteiger partial charge in [-0.1, -0.05) is 51.5 Å². The van der Waals surface area contributed by atoms with Gasteiger partial charge < -0.3 is 10.4 Å². The summed E-state index contributed by atoms with van der Waals surface area (Å²) in [7, 11) is 2.04. The van der Waals surface area contributed by atoms with Crippen LogP contribution in [0.5, 0.6) is 0 Å². The smallest absolute Gasteiger partial charge is 0.244 e. The van der Waals surface area contributed by atoms with Gasteiger partial charge in [0, 0.05) is 6.61 Å². The zero-order valence-corrected chi connectivity index (χ0v) is 14.6. The van der Waals surface area contributed by atoms with Crippen LogP contribution in [0.25, 0.3) is 0 Å². The van der Waals surface area contributed by atoms with Crippen molar-refractivity contribution in [3.8, 4) is 0 Å². The Hall–Kier alpha value is -0.870. The number of nitrogens with one attached hydrogen (secondary N) is 1. The molecule has 0 aliphatic heterocycles. The zero-order chi connectivity index (χ0) is 16.5. The van der Waals surface area contributed by atoms with E-state index in [0.29, 0.717) is 13.3 Å². The molecule has 2 N–H and O–H groups in total. The second kappa shape index (κ2) is 16.5. The summed E-state index contributed by atoms with van der Waals surface area (Å²) < 4.78 is 0. The van der Waals surface area contributed by atoms with E-state index in [-0.39, 0.29) is 5.91 Å². The Kier molecular flexibility index (Phi) is 15.8. The summed E-state index contributed by atoms with van der Waals surface area (Å²) in [5.41, 5.74) is 0. The summed E-state index contributed by atoms with van der Waals surface area (Å²) in [5.74, 6) is 0.00681. The number of unbranched alkanes of at least 4 members (excludes halogenated alkanes) is 8. The zero-order valence-electron chi connectivity index (χ0n) is 14.6. The van der Waals surface area contributed by atoms with Gasteiger partial charge >= 0.3 is 0 Å². The Labute approximate surface area is 137 Å². The van der Waals surface area contributed by atoms with Crippen LogP contribution in [0.2, 0.25) is 0 Å². The first-order chi connectivity index (χ1) is 10.7. The fraction of sp³-hybridized carbons (Fsp3) is 0.833. The largest absolute Gasteiger partial charge is 0.396 e. The Balaban J connectivity index is 3.43. The van der Waals surface area contributed by atoms with Crippen molar-refractivity contribution in [3.05, 3.63) is 12.2 Å². The van der Waals surface area contributed by atoms with Gasteiger partial charge in [-0.25, -0.2) is 0 Å². The third-order valence-corrected chi connectivity index (χ3v) is 3.71. The number of hydrogen-bond acceptors (Lipinski definition) is 3. The molecular weight excluding hydrogens is 276 g/mol. The molecule has 0 aliphatic rings. The van der Waals surface area contributed by atoms with Gasteiger partial charge in [-0.05, 0) is 45.4 Å². The predicted octanol–water partition coefficient (Wildman–Crippen LogP) is 3.46. The summed E-state index contributed by atoms with van der Waals surface area (Å²) in [6.07, 6.45) is 15.1. The molecule has 22 heavy (non-hydrogen) atoms. The van der Waals surface area contributed by atoms with Crippen molar-refractivity contribution in [2.45, 2.75) is 71.1 Å². The molecule has 0 spiro atoms. The second-order valence-corrected chi connectivity index (χ2v) is 6.02. The minimum absolute atomic E-state index is 0.00681. The number of amides is 1. The highest BCUT2D eigenvalue weighted by Crippen LogP contribution is 2.05. The molecule has 0 atom stereocenters. The molecule has 130 valence electrons. The number of aliphatic hydroxyl groups excluding tert-OH is 1. The molecule has 0 bridgehead atoms. The summed E-state index contributed by atoms with van der Waals surface area (Å²) in [6, 6.07) is 0. The molecule has 0 rings (SSSR count). The molecule has 4 nitrogen and oxygen atoms in total. The van der Waals surface area contributed by atoms with E-state index >= 15 is 0 Å².